The molecule has 1 aromatic heterocycles. The van der Waals surface area contributed by atoms with E-state index in [0.717, 1.165) is 32.1 Å². The lowest BCUT2D eigenvalue weighted by Gasteiger charge is -2.48. The Kier molecular flexibility index (Phi) is 8.66. The average Bonchev–Trinajstić information content (AvgIpc) is 3.12. The molecule has 2 heterocycles. The first-order valence-electron chi connectivity index (χ1n) is 13.0. The van der Waals surface area contributed by atoms with Gasteiger partial charge in [-0.25, -0.2) is 9.78 Å². The van der Waals surface area contributed by atoms with Crippen LogP contribution in [0.15, 0.2) is 48.7 Å². The Balaban J connectivity index is 1.56. The van der Waals surface area contributed by atoms with E-state index in [2.05, 4.69) is 39.5 Å². The van der Waals surface area contributed by atoms with Gasteiger partial charge in [0.1, 0.15) is 24.3 Å². The van der Waals surface area contributed by atoms with E-state index in [9.17, 15) is 9.59 Å². The van der Waals surface area contributed by atoms with E-state index in [1.54, 1.807) is 37.4 Å². The molecule has 0 radical (unpaired) electrons. The number of anilines is 1. The maximum atomic E-state index is 13.9. The van der Waals surface area contributed by atoms with Gasteiger partial charge in [0.05, 0.1) is 12.6 Å². The van der Waals surface area contributed by atoms with E-state index in [1.165, 1.54) is 5.56 Å². The summed E-state index contributed by atoms with van der Waals surface area (Å²) in [6.45, 7) is 1.13. The molecule has 1 saturated heterocycles. The summed E-state index contributed by atoms with van der Waals surface area (Å²) >= 11 is 0. The third kappa shape index (κ3) is 5.72. The fraction of sp³-hybridized carbons (Fsp3) is 0.536. The van der Waals surface area contributed by atoms with Crippen LogP contribution in [0.2, 0.25) is 0 Å². The Morgan fingerprint density at radius 3 is 2.54 bits per heavy atom. The van der Waals surface area contributed by atoms with Crippen molar-refractivity contribution in [3.05, 3.63) is 54.2 Å². The minimum atomic E-state index is -0.367. The summed E-state index contributed by atoms with van der Waals surface area (Å²) in [5.74, 6) is 1.19. The van der Waals surface area contributed by atoms with Crippen molar-refractivity contribution in [2.75, 3.05) is 53.3 Å². The van der Waals surface area contributed by atoms with Crippen molar-refractivity contribution in [1.82, 2.24) is 19.7 Å². The van der Waals surface area contributed by atoms with Gasteiger partial charge in [-0.3, -0.25) is 14.6 Å². The Hall–Kier alpha value is -3.17. The fourth-order valence-corrected chi connectivity index (χ4v) is 6.13. The molecule has 1 N–H and O–H groups in total. The lowest BCUT2D eigenvalue weighted by molar-refractivity contribution is -0.117. The van der Waals surface area contributed by atoms with Crippen molar-refractivity contribution in [3.8, 4) is 5.75 Å². The summed E-state index contributed by atoms with van der Waals surface area (Å²) < 4.78 is 10.5. The first-order chi connectivity index (χ1) is 17.9. The number of urea groups is 1. The molecule has 1 aliphatic carbocycles. The van der Waals surface area contributed by atoms with Crippen molar-refractivity contribution in [1.29, 1.82) is 0 Å². The van der Waals surface area contributed by atoms with Crippen LogP contribution in [-0.2, 0) is 9.53 Å². The highest BCUT2D eigenvalue weighted by atomic mass is 16.5. The normalized spacial score (nSPS) is 23.6. The number of pyridine rings is 1. The van der Waals surface area contributed by atoms with Crippen LogP contribution in [0.3, 0.4) is 0 Å². The standard InChI is InChI=1S/C28H39N5O4/c1-31(2)26-28(14-11-22(12-15-28)21-9-6-5-7-10-21)33(17-8-18-36-3)27(35)32(26)20-25(34)30-24-19-23(37-4)13-16-29-24/h5-7,9-10,13,16,19,22,26H,8,11-12,14-15,17-18,20H2,1-4H3,(H,29,30,34). The summed E-state index contributed by atoms with van der Waals surface area (Å²) in [5, 5.41) is 2.83. The van der Waals surface area contributed by atoms with E-state index >= 15 is 0 Å². The summed E-state index contributed by atoms with van der Waals surface area (Å²) in [5.41, 5.74) is 0.990. The van der Waals surface area contributed by atoms with Crippen LogP contribution in [-0.4, -0.2) is 91.3 Å². The van der Waals surface area contributed by atoms with Crippen molar-refractivity contribution >= 4 is 17.8 Å². The molecule has 1 spiro atoms. The monoisotopic (exact) mass is 509 g/mol. The van der Waals surface area contributed by atoms with Crippen LogP contribution in [0.4, 0.5) is 10.6 Å². The number of carbonyl (C=O) groups excluding carboxylic acids is 2. The molecule has 1 aliphatic heterocycles. The molecule has 3 amide bonds. The van der Waals surface area contributed by atoms with Crippen molar-refractivity contribution in [3.63, 3.8) is 0 Å². The van der Waals surface area contributed by atoms with Gasteiger partial charge in [0.2, 0.25) is 5.91 Å². The van der Waals surface area contributed by atoms with E-state index in [-0.39, 0.29) is 30.2 Å². The number of nitrogens with zero attached hydrogens (tertiary/aromatic N) is 4. The first kappa shape index (κ1) is 26.9. The molecule has 2 aromatic rings. The molecule has 1 aromatic carbocycles. The number of ether oxygens (including phenoxy) is 2. The molecule has 4 rings (SSSR count). The van der Waals surface area contributed by atoms with Gasteiger partial charge in [-0.05, 0) is 63.7 Å². The summed E-state index contributed by atoms with van der Waals surface area (Å²) in [7, 11) is 7.24. The third-order valence-corrected chi connectivity index (χ3v) is 7.68. The molecular formula is C28H39N5O4. The number of aromatic nitrogens is 1. The van der Waals surface area contributed by atoms with Crippen molar-refractivity contribution < 1.29 is 19.1 Å². The topological polar surface area (TPSA) is 87.2 Å². The molecule has 2 fully saturated rings. The minimum Gasteiger partial charge on any atom is -0.497 e. The van der Waals surface area contributed by atoms with E-state index in [0.29, 0.717) is 30.6 Å². The van der Waals surface area contributed by atoms with Gasteiger partial charge in [-0.2, -0.15) is 0 Å². The number of rotatable bonds is 10. The van der Waals surface area contributed by atoms with Gasteiger partial charge in [-0.1, -0.05) is 30.3 Å². The van der Waals surface area contributed by atoms with Crippen LogP contribution in [0.5, 0.6) is 5.75 Å². The number of amides is 3. The fourth-order valence-electron chi connectivity index (χ4n) is 6.13. The highest BCUT2D eigenvalue weighted by molar-refractivity contribution is 5.94. The Labute approximate surface area is 219 Å². The maximum absolute atomic E-state index is 13.9. The van der Waals surface area contributed by atoms with Gasteiger partial charge >= 0.3 is 6.03 Å². The summed E-state index contributed by atoms with van der Waals surface area (Å²) in [6.07, 6.45) is 5.86. The molecule has 0 bridgehead atoms. The first-order valence-corrected chi connectivity index (χ1v) is 13.0. The van der Waals surface area contributed by atoms with E-state index < -0.39 is 0 Å². The molecule has 9 nitrogen and oxygen atoms in total. The van der Waals surface area contributed by atoms with Gasteiger partial charge in [0.25, 0.3) is 0 Å². The van der Waals surface area contributed by atoms with E-state index in [1.807, 2.05) is 25.1 Å². The second-order valence-corrected chi connectivity index (χ2v) is 10.2. The number of hydrogen-bond donors (Lipinski definition) is 1. The second-order valence-electron chi connectivity index (χ2n) is 10.2. The van der Waals surface area contributed by atoms with Crippen LogP contribution >= 0.6 is 0 Å². The summed E-state index contributed by atoms with van der Waals surface area (Å²) in [4.78, 5) is 37.1. The Bertz CT molecular complexity index is 1060. The predicted molar refractivity (Wildman–Crippen MR) is 143 cm³/mol. The molecule has 200 valence electrons. The van der Waals surface area contributed by atoms with Crippen molar-refractivity contribution in [2.45, 2.75) is 49.7 Å². The zero-order valence-corrected chi connectivity index (χ0v) is 22.4. The predicted octanol–water partition coefficient (Wildman–Crippen LogP) is 3.79. The molecular weight excluding hydrogens is 470 g/mol. The molecule has 1 atom stereocenters. The highest BCUT2D eigenvalue weighted by Crippen LogP contribution is 2.48. The van der Waals surface area contributed by atoms with E-state index in [4.69, 9.17) is 9.47 Å². The molecule has 1 saturated carbocycles. The number of likely N-dealkylation sites (N-methyl/N-ethyl adjacent to an activating group) is 1. The van der Waals surface area contributed by atoms with Crippen LogP contribution in [0.25, 0.3) is 0 Å². The van der Waals surface area contributed by atoms with Gasteiger partial charge in [0.15, 0.2) is 0 Å². The van der Waals surface area contributed by atoms with Gasteiger partial charge in [0, 0.05) is 32.5 Å². The number of hydrogen-bond acceptors (Lipinski definition) is 6. The van der Waals surface area contributed by atoms with Crippen LogP contribution in [0, 0.1) is 0 Å². The average molecular weight is 510 g/mol. The summed E-state index contributed by atoms with van der Waals surface area (Å²) in [6, 6.07) is 13.9. The van der Waals surface area contributed by atoms with Gasteiger partial charge in [-0.15, -0.1) is 0 Å². The Morgan fingerprint density at radius 2 is 1.89 bits per heavy atom. The lowest BCUT2D eigenvalue weighted by atomic mass is 9.72. The molecule has 1 unspecified atom stereocenters. The van der Waals surface area contributed by atoms with Crippen LogP contribution < -0.4 is 10.1 Å². The maximum Gasteiger partial charge on any atom is 0.322 e. The van der Waals surface area contributed by atoms with Gasteiger partial charge < -0.3 is 19.7 Å². The SMILES string of the molecule is COCCCN1C(=O)N(CC(=O)Nc2cc(OC)ccn2)C(N(C)C)C12CCC(c1ccccc1)CC2. The molecule has 2 aliphatic rings. The smallest absolute Gasteiger partial charge is 0.322 e. The van der Waals surface area contributed by atoms with Crippen LogP contribution in [0.1, 0.15) is 43.6 Å². The number of benzene rings is 1. The number of methoxy groups -OCH3 is 2. The second kappa shape index (κ2) is 11.9. The minimum absolute atomic E-state index is 0.0504. The Morgan fingerprint density at radius 1 is 1.16 bits per heavy atom. The molecule has 37 heavy (non-hydrogen) atoms. The number of nitrogens with one attached hydrogen (secondary N) is 1. The third-order valence-electron chi connectivity index (χ3n) is 7.68. The quantitative estimate of drug-likeness (QED) is 0.491. The number of carbonyl (C=O) groups is 2. The largest absolute Gasteiger partial charge is 0.497 e. The zero-order chi connectivity index (χ0) is 26.4. The van der Waals surface area contributed by atoms with Crippen molar-refractivity contribution in [2.24, 2.45) is 0 Å². The lowest BCUT2D eigenvalue weighted by Crippen LogP contribution is -2.59. The molecule has 9 heteroatoms. The highest BCUT2D eigenvalue weighted by Gasteiger charge is 2.58. The zero-order valence-electron chi connectivity index (χ0n) is 22.4.